The Morgan fingerprint density at radius 1 is 1.16 bits per heavy atom. The zero-order chi connectivity index (χ0) is 23.3. The molecule has 2 aromatic carbocycles. The van der Waals surface area contributed by atoms with Crippen molar-refractivity contribution in [2.75, 3.05) is 18.0 Å². The van der Waals surface area contributed by atoms with Crippen LogP contribution in [0.5, 0.6) is 5.75 Å². The molecule has 0 aliphatic carbocycles. The number of carbonyl (C=O) groups is 2. The van der Waals surface area contributed by atoms with Crippen LogP contribution in [-0.4, -0.2) is 35.4 Å². The zero-order valence-electron chi connectivity index (χ0n) is 18.2. The smallest absolute Gasteiger partial charge is 0.416 e. The number of rotatable bonds is 2. The Morgan fingerprint density at radius 2 is 1.88 bits per heavy atom. The number of halogens is 3. The Bertz CT molecular complexity index is 1060. The first-order valence-electron chi connectivity index (χ1n) is 10.5. The lowest BCUT2D eigenvalue weighted by Crippen LogP contribution is -2.50. The first-order chi connectivity index (χ1) is 15.0. The van der Waals surface area contributed by atoms with Crippen LogP contribution in [0.4, 0.5) is 18.9 Å². The molecule has 2 amide bonds. The van der Waals surface area contributed by atoms with Crippen molar-refractivity contribution in [1.29, 1.82) is 0 Å². The molecule has 0 saturated heterocycles. The highest BCUT2D eigenvalue weighted by Gasteiger charge is 2.40. The maximum Gasteiger partial charge on any atom is 0.416 e. The van der Waals surface area contributed by atoms with Gasteiger partial charge in [0.1, 0.15) is 11.4 Å². The molecule has 0 spiro atoms. The SMILES string of the molecule is CC(=O)N1CCc2ccccc2C1CC(=O)N1CC(C)(C)Oc2ccc(C(F)(F)F)cc21. The molecule has 0 N–H and O–H groups in total. The van der Waals surface area contributed by atoms with Gasteiger partial charge in [-0.1, -0.05) is 24.3 Å². The van der Waals surface area contributed by atoms with E-state index >= 15 is 0 Å². The second kappa shape index (κ2) is 7.83. The average Bonchev–Trinajstić information content (AvgIpc) is 2.71. The topological polar surface area (TPSA) is 49.9 Å². The summed E-state index contributed by atoms with van der Waals surface area (Å²) in [6.45, 7) is 5.63. The Hall–Kier alpha value is -3.03. The number of nitrogens with zero attached hydrogens (tertiary/aromatic N) is 2. The van der Waals surface area contributed by atoms with E-state index in [1.165, 1.54) is 17.9 Å². The third kappa shape index (κ3) is 4.18. The molecule has 0 aromatic heterocycles. The van der Waals surface area contributed by atoms with E-state index in [0.29, 0.717) is 13.0 Å². The summed E-state index contributed by atoms with van der Waals surface area (Å²) in [4.78, 5) is 28.8. The van der Waals surface area contributed by atoms with Gasteiger partial charge in [-0.3, -0.25) is 9.59 Å². The summed E-state index contributed by atoms with van der Waals surface area (Å²) in [5.41, 5.74) is 0.463. The van der Waals surface area contributed by atoms with Crippen LogP contribution in [0.15, 0.2) is 42.5 Å². The molecule has 1 unspecified atom stereocenters. The molecule has 1 atom stereocenters. The highest BCUT2D eigenvalue weighted by Crippen LogP contribution is 2.42. The summed E-state index contributed by atoms with van der Waals surface area (Å²) in [5.74, 6) is -0.260. The Morgan fingerprint density at radius 3 is 2.56 bits per heavy atom. The van der Waals surface area contributed by atoms with Crippen LogP contribution in [-0.2, 0) is 22.2 Å². The molecule has 5 nitrogen and oxygen atoms in total. The fraction of sp³-hybridized carbons (Fsp3) is 0.417. The Kier molecular flexibility index (Phi) is 5.43. The van der Waals surface area contributed by atoms with Crippen molar-refractivity contribution in [2.24, 2.45) is 0 Å². The number of benzene rings is 2. The molecule has 2 heterocycles. The maximum atomic E-state index is 13.5. The molecule has 4 rings (SSSR count). The van der Waals surface area contributed by atoms with E-state index in [2.05, 4.69) is 0 Å². The molecule has 0 bridgehead atoms. The molecule has 2 aromatic rings. The summed E-state index contributed by atoms with van der Waals surface area (Å²) < 4.78 is 45.8. The summed E-state index contributed by atoms with van der Waals surface area (Å²) >= 11 is 0. The largest absolute Gasteiger partial charge is 0.484 e. The van der Waals surface area contributed by atoms with E-state index in [1.807, 2.05) is 24.3 Å². The minimum Gasteiger partial charge on any atom is -0.484 e. The average molecular weight is 446 g/mol. The molecule has 2 aliphatic heterocycles. The summed E-state index contributed by atoms with van der Waals surface area (Å²) in [5, 5.41) is 0. The lowest BCUT2D eigenvalue weighted by molar-refractivity contribution is -0.138. The number of anilines is 1. The first-order valence-corrected chi connectivity index (χ1v) is 10.5. The molecule has 0 fully saturated rings. The van der Waals surface area contributed by atoms with Crippen LogP contribution in [0, 0.1) is 0 Å². The fourth-order valence-electron chi connectivity index (χ4n) is 4.53. The van der Waals surface area contributed by atoms with E-state index < -0.39 is 23.4 Å². The molecule has 0 radical (unpaired) electrons. The first kappa shape index (κ1) is 22.2. The molecule has 8 heteroatoms. The minimum atomic E-state index is -4.54. The van der Waals surface area contributed by atoms with Crippen LogP contribution in [0.25, 0.3) is 0 Å². The number of carbonyl (C=O) groups excluding carboxylic acids is 2. The van der Waals surface area contributed by atoms with Crippen LogP contribution < -0.4 is 9.64 Å². The van der Waals surface area contributed by atoms with Gasteiger partial charge in [0.25, 0.3) is 0 Å². The highest BCUT2D eigenvalue weighted by atomic mass is 19.4. The molecular weight excluding hydrogens is 421 g/mol. The van der Waals surface area contributed by atoms with E-state index in [1.54, 1.807) is 18.7 Å². The number of amides is 2. The standard InChI is InChI=1S/C24H25F3N2O3/c1-15(30)28-11-10-16-6-4-5-7-18(16)19(28)13-22(31)29-14-23(2,3)32-21-9-8-17(12-20(21)29)24(25,26)27/h4-9,12,19H,10-11,13-14H2,1-3H3. The minimum absolute atomic E-state index is 0.0254. The van der Waals surface area contributed by atoms with E-state index in [-0.39, 0.29) is 36.2 Å². The van der Waals surface area contributed by atoms with Gasteiger partial charge in [-0.05, 0) is 49.6 Å². The van der Waals surface area contributed by atoms with Gasteiger partial charge in [-0.25, -0.2) is 0 Å². The highest BCUT2D eigenvalue weighted by molar-refractivity contribution is 5.96. The molecule has 0 saturated carbocycles. The number of hydrogen-bond donors (Lipinski definition) is 0. The van der Waals surface area contributed by atoms with Gasteiger partial charge in [-0.15, -0.1) is 0 Å². The zero-order valence-corrected chi connectivity index (χ0v) is 18.2. The van der Waals surface area contributed by atoms with Gasteiger partial charge in [0.2, 0.25) is 11.8 Å². The van der Waals surface area contributed by atoms with Gasteiger partial charge in [-0.2, -0.15) is 13.2 Å². The van der Waals surface area contributed by atoms with E-state index in [9.17, 15) is 22.8 Å². The van der Waals surface area contributed by atoms with Crippen molar-refractivity contribution in [1.82, 2.24) is 4.90 Å². The summed E-state index contributed by atoms with van der Waals surface area (Å²) in [6.07, 6.45) is -3.87. The lowest BCUT2D eigenvalue weighted by Gasteiger charge is -2.42. The Balaban J connectivity index is 1.71. The van der Waals surface area contributed by atoms with Crippen molar-refractivity contribution in [3.8, 4) is 5.75 Å². The van der Waals surface area contributed by atoms with Crippen LogP contribution in [0.1, 0.15) is 49.9 Å². The lowest BCUT2D eigenvalue weighted by atomic mass is 9.90. The van der Waals surface area contributed by atoms with Gasteiger partial charge >= 0.3 is 6.18 Å². The van der Waals surface area contributed by atoms with Gasteiger partial charge in [0.05, 0.1) is 30.3 Å². The van der Waals surface area contributed by atoms with Crippen LogP contribution in [0.2, 0.25) is 0 Å². The quantitative estimate of drug-likeness (QED) is 0.669. The number of fused-ring (bicyclic) bond motifs is 2. The van der Waals surface area contributed by atoms with E-state index in [0.717, 1.165) is 23.3 Å². The van der Waals surface area contributed by atoms with Crippen molar-refractivity contribution >= 4 is 17.5 Å². The monoisotopic (exact) mass is 446 g/mol. The second-order valence-corrected chi connectivity index (χ2v) is 8.90. The van der Waals surface area contributed by atoms with Crippen molar-refractivity contribution in [3.63, 3.8) is 0 Å². The van der Waals surface area contributed by atoms with Gasteiger partial charge in [0.15, 0.2) is 0 Å². The van der Waals surface area contributed by atoms with Gasteiger partial charge < -0.3 is 14.5 Å². The third-order valence-corrected chi connectivity index (χ3v) is 5.99. The fourth-order valence-corrected chi connectivity index (χ4v) is 4.53. The molecular formula is C24H25F3N2O3. The number of hydrogen-bond acceptors (Lipinski definition) is 3. The molecule has 32 heavy (non-hydrogen) atoms. The number of alkyl halides is 3. The predicted molar refractivity (Wildman–Crippen MR) is 113 cm³/mol. The molecule has 170 valence electrons. The predicted octanol–water partition coefficient (Wildman–Crippen LogP) is 4.75. The van der Waals surface area contributed by atoms with Crippen molar-refractivity contribution in [2.45, 2.75) is 51.4 Å². The van der Waals surface area contributed by atoms with Crippen LogP contribution in [0.3, 0.4) is 0 Å². The third-order valence-electron chi connectivity index (χ3n) is 5.99. The van der Waals surface area contributed by atoms with Crippen molar-refractivity contribution < 1.29 is 27.5 Å². The van der Waals surface area contributed by atoms with Gasteiger partial charge in [0, 0.05) is 13.5 Å². The summed E-state index contributed by atoms with van der Waals surface area (Å²) in [7, 11) is 0. The normalized spacial score (nSPS) is 19.6. The second-order valence-electron chi connectivity index (χ2n) is 8.90. The maximum absolute atomic E-state index is 13.5. The van der Waals surface area contributed by atoms with E-state index in [4.69, 9.17) is 4.74 Å². The van der Waals surface area contributed by atoms with Crippen molar-refractivity contribution in [3.05, 3.63) is 59.2 Å². The number of ether oxygens (including phenoxy) is 1. The molecule has 2 aliphatic rings. The summed E-state index contributed by atoms with van der Waals surface area (Å²) in [6, 6.07) is 10.4. The Labute approximate surface area is 184 Å². The van der Waals surface area contributed by atoms with Crippen LogP contribution >= 0.6 is 0 Å².